The summed E-state index contributed by atoms with van der Waals surface area (Å²) >= 11 is 1.77. The van der Waals surface area contributed by atoms with E-state index in [1.165, 1.54) is 10.4 Å². The van der Waals surface area contributed by atoms with Crippen molar-refractivity contribution in [1.29, 1.82) is 0 Å². The van der Waals surface area contributed by atoms with Crippen molar-refractivity contribution in [2.24, 2.45) is 11.7 Å². The Bertz CT molecular complexity index is 616. The third kappa shape index (κ3) is 4.42. The van der Waals surface area contributed by atoms with E-state index in [1.807, 2.05) is 4.90 Å². The number of nitrogens with zero attached hydrogens (tertiary/aromatic N) is 1. The fourth-order valence-electron chi connectivity index (χ4n) is 3.96. The highest BCUT2D eigenvalue weighted by Crippen LogP contribution is 2.26. The Balaban J connectivity index is 1.62. The number of amides is 2. The summed E-state index contributed by atoms with van der Waals surface area (Å²) in [6.45, 7) is 3.47. The molecule has 3 N–H and O–H groups in total. The average Bonchev–Trinajstić information content (AvgIpc) is 3.08. The Morgan fingerprint density at radius 1 is 1.44 bits per heavy atom. The number of carbonyl (C=O) groups is 2. The third-order valence-electron chi connectivity index (χ3n) is 5.40. The number of carbonyl (C=O) groups excluding carboxylic acids is 2. The van der Waals surface area contributed by atoms with Gasteiger partial charge in [0.05, 0.1) is 0 Å². The van der Waals surface area contributed by atoms with Crippen LogP contribution >= 0.6 is 11.3 Å². The minimum atomic E-state index is -0.407. The minimum absolute atomic E-state index is 0.00943. The number of hydrogen-bond donors (Lipinski definition) is 2. The van der Waals surface area contributed by atoms with Gasteiger partial charge in [0.15, 0.2) is 0 Å². The van der Waals surface area contributed by atoms with Gasteiger partial charge in [-0.2, -0.15) is 0 Å². The lowest BCUT2D eigenvalue weighted by molar-refractivity contribution is -0.138. The molecule has 1 aliphatic heterocycles. The van der Waals surface area contributed by atoms with Crippen LogP contribution < -0.4 is 11.1 Å². The normalized spacial score (nSPS) is 24.5. The van der Waals surface area contributed by atoms with E-state index in [1.54, 1.807) is 11.3 Å². The van der Waals surface area contributed by atoms with Crippen molar-refractivity contribution in [3.63, 3.8) is 0 Å². The monoisotopic (exact) mass is 363 g/mol. The SMILES string of the molecule is CCCC(NC(=O)C1CCCC(N)C1)C(=O)N1CCc2sccc2C1. The van der Waals surface area contributed by atoms with Gasteiger partial charge in [0.25, 0.3) is 0 Å². The molecular formula is C19H29N3O2S. The molecule has 2 aliphatic rings. The van der Waals surface area contributed by atoms with Gasteiger partial charge in [-0.05, 0) is 49.1 Å². The van der Waals surface area contributed by atoms with Gasteiger partial charge in [-0.15, -0.1) is 11.3 Å². The highest BCUT2D eigenvalue weighted by Gasteiger charge is 2.31. The van der Waals surface area contributed by atoms with Crippen LogP contribution in [0, 0.1) is 5.92 Å². The first kappa shape index (κ1) is 18.4. The largest absolute Gasteiger partial charge is 0.344 e. The predicted octanol–water partition coefficient (Wildman–Crippen LogP) is 2.44. The molecule has 3 rings (SSSR count). The first-order valence-corrected chi connectivity index (χ1v) is 10.4. The van der Waals surface area contributed by atoms with Crippen molar-refractivity contribution in [3.8, 4) is 0 Å². The van der Waals surface area contributed by atoms with Crippen LogP contribution in [0.1, 0.15) is 55.9 Å². The molecule has 138 valence electrons. The van der Waals surface area contributed by atoms with E-state index in [4.69, 9.17) is 5.73 Å². The number of nitrogens with one attached hydrogen (secondary N) is 1. The topological polar surface area (TPSA) is 75.4 Å². The fourth-order valence-corrected chi connectivity index (χ4v) is 4.85. The molecule has 6 heteroatoms. The van der Waals surface area contributed by atoms with Crippen LogP contribution in [0.2, 0.25) is 0 Å². The second kappa shape index (κ2) is 8.32. The van der Waals surface area contributed by atoms with E-state index in [2.05, 4.69) is 23.7 Å². The van der Waals surface area contributed by atoms with Gasteiger partial charge in [0.1, 0.15) is 6.04 Å². The first-order valence-electron chi connectivity index (χ1n) is 9.48. The molecule has 5 nitrogen and oxygen atoms in total. The van der Waals surface area contributed by atoms with Crippen molar-refractivity contribution in [3.05, 3.63) is 21.9 Å². The predicted molar refractivity (Wildman–Crippen MR) is 100 cm³/mol. The van der Waals surface area contributed by atoms with Crippen LogP contribution in [0.4, 0.5) is 0 Å². The molecule has 1 aromatic rings. The van der Waals surface area contributed by atoms with Gasteiger partial charge >= 0.3 is 0 Å². The highest BCUT2D eigenvalue weighted by atomic mass is 32.1. The molecule has 2 amide bonds. The summed E-state index contributed by atoms with van der Waals surface area (Å²) in [6.07, 6.45) is 6.10. The quantitative estimate of drug-likeness (QED) is 0.844. The maximum atomic E-state index is 13.0. The van der Waals surface area contributed by atoms with Crippen molar-refractivity contribution in [2.75, 3.05) is 6.54 Å². The van der Waals surface area contributed by atoms with Gasteiger partial charge in [-0.25, -0.2) is 0 Å². The Hall–Kier alpha value is -1.40. The zero-order valence-corrected chi connectivity index (χ0v) is 15.8. The Morgan fingerprint density at radius 2 is 2.28 bits per heavy atom. The highest BCUT2D eigenvalue weighted by molar-refractivity contribution is 7.10. The maximum absolute atomic E-state index is 13.0. The Morgan fingerprint density at radius 3 is 3.04 bits per heavy atom. The van der Waals surface area contributed by atoms with E-state index >= 15 is 0 Å². The maximum Gasteiger partial charge on any atom is 0.245 e. The summed E-state index contributed by atoms with van der Waals surface area (Å²) in [5, 5.41) is 5.13. The van der Waals surface area contributed by atoms with Crippen molar-refractivity contribution in [1.82, 2.24) is 10.2 Å². The summed E-state index contributed by atoms with van der Waals surface area (Å²) in [4.78, 5) is 28.9. The average molecular weight is 364 g/mol. The van der Waals surface area contributed by atoms with Crippen LogP contribution in [0.3, 0.4) is 0 Å². The van der Waals surface area contributed by atoms with Crippen molar-refractivity contribution >= 4 is 23.2 Å². The summed E-state index contributed by atoms with van der Waals surface area (Å²) in [5.74, 6) is 0.0306. The van der Waals surface area contributed by atoms with Crippen molar-refractivity contribution in [2.45, 2.75) is 70.5 Å². The van der Waals surface area contributed by atoms with Crippen LogP contribution in [0.15, 0.2) is 11.4 Å². The van der Waals surface area contributed by atoms with Gasteiger partial charge in [-0.1, -0.05) is 19.8 Å². The molecule has 0 aromatic carbocycles. The lowest BCUT2D eigenvalue weighted by atomic mass is 9.85. The summed E-state index contributed by atoms with van der Waals surface area (Å²) in [7, 11) is 0. The number of hydrogen-bond acceptors (Lipinski definition) is 4. The molecule has 0 saturated heterocycles. The van der Waals surface area contributed by atoms with E-state index in [0.717, 1.165) is 45.1 Å². The van der Waals surface area contributed by atoms with Crippen LogP contribution in [0.25, 0.3) is 0 Å². The van der Waals surface area contributed by atoms with Gasteiger partial charge < -0.3 is 16.0 Å². The van der Waals surface area contributed by atoms with E-state index in [-0.39, 0.29) is 23.8 Å². The van der Waals surface area contributed by atoms with Gasteiger partial charge in [0.2, 0.25) is 11.8 Å². The van der Waals surface area contributed by atoms with E-state index in [9.17, 15) is 9.59 Å². The molecule has 0 radical (unpaired) electrons. The number of fused-ring (bicyclic) bond motifs is 1. The van der Waals surface area contributed by atoms with Gasteiger partial charge in [-0.3, -0.25) is 9.59 Å². The third-order valence-corrected chi connectivity index (χ3v) is 6.42. The lowest BCUT2D eigenvalue weighted by Gasteiger charge is -2.32. The summed E-state index contributed by atoms with van der Waals surface area (Å²) in [6, 6.07) is 1.82. The Kier molecular flexibility index (Phi) is 6.12. The van der Waals surface area contributed by atoms with Crippen LogP contribution in [-0.4, -0.2) is 35.3 Å². The molecular weight excluding hydrogens is 334 g/mol. The Labute approximate surface area is 154 Å². The molecule has 1 fully saturated rings. The summed E-state index contributed by atoms with van der Waals surface area (Å²) < 4.78 is 0. The zero-order valence-electron chi connectivity index (χ0n) is 15.0. The standard InChI is InChI=1S/C19H29N3O2S/c1-2-4-16(21-18(23)13-5-3-6-15(20)11-13)19(24)22-9-7-17-14(12-22)8-10-25-17/h8,10,13,15-16H,2-7,9,11-12,20H2,1H3,(H,21,23). The van der Waals surface area contributed by atoms with Crippen LogP contribution in [-0.2, 0) is 22.6 Å². The molecule has 0 spiro atoms. The second-order valence-corrected chi connectivity index (χ2v) is 8.35. The molecule has 1 saturated carbocycles. The van der Waals surface area contributed by atoms with Crippen molar-refractivity contribution < 1.29 is 9.59 Å². The smallest absolute Gasteiger partial charge is 0.245 e. The number of thiophene rings is 1. The fraction of sp³-hybridized carbons (Fsp3) is 0.684. The first-order chi connectivity index (χ1) is 12.1. The van der Waals surface area contributed by atoms with E-state index < -0.39 is 6.04 Å². The molecule has 3 atom stereocenters. The second-order valence-electron chi connectivity index (χ2n) is 7.35. The van der Waals surface area contributed by atoms with Gasteiger partial charge in [0, 0.05) is 29.9 Å². The molecule has 1 aliphatic carbocycles. The molecule has 0 bridgehead atoms. The molecule has 25 heavy (non-hydrogen) atoms. The zero-order chi connectivity index (χ0) is 17.8. The molecule has 2 heterocycles. The number of nitrogens with two attached hydrogens (primary N) is 1. The summed E-state index contributed by atoms with van der Waals surface area (Å²) in [5.41, 5.74) is 7.26. The van der Waals surface area contributed by atoms with E-state index in [0.29, 0.717) is 13.0 Å². The lowest BCUT2D eigenvalue weighted by Crippen LogP contribution is -2.51. The number of rotatable bonds is 5. The molecule has 3 unspecified atom stereocenters. The molecule has 1 aromatic heterocycles. The minimum Gasteiger partial charge on any atom is -0.344 e. The van der Waals surface area contributed by atoms with Crippen LogP contribution in [0.5, 0.6) is 0 Å².